The number of nitro groups is 6. The molecule has 0 spiro atoms. The van der Waals surface area contributed by atoms with E-state index in [0.717, 1.165) is 37.1 Å². The number of H-pyrrole nitrogens is 1. The normalized spacial score (nSPS) is 10.4. The Labute approximate surface area is 261 Å². The van der Waals surface area contributed by atoms with E-state index in [-0.39, 0.29) is 0 Å². The first-order valence-electron chi connectivity index (χ1n) is 12.7. The second-order valence-electron chi connectivity index (χ2n) is 9.98. The smallest absolute Gasteiger partial charge is 0.283 e. The third-order valence-electron chi connectivity index (χ3n) is 5.47. The lowest BCUT2D eigenvalue weighted by Crippen LogP contribution is -2.37. The van der Waals surface area contributed by atoms with E-state index >= 15 is 0 Å². The van der Waals surface area contributed by atoms with Gasteiger partial charge in [0.2, 0.25) is 0 Å². The van der Waals surface area contributed by atoms with Crippen molar-refractivity contribution in [1.82, 2.24) is 9.97 Å². The molecule has 24 heteroatoms. The molecule has 3 rings (SSSR count). The van der Waals surface area contributed by atoms with E-state index in [9.17, 15) is 70.9 Å². The molecule has 0 bridgehead atoms. The van der Waals surface area contributed by atoms with Gasteiger partial charge in [0, 0.05) is 18.5 Å². The van der Waals surface area contributed by atoms with Crippen LogP contribution in [-0.4, -0.2) is 84.9 Å². The van der Waals surface area contributed by atoms with Gasteiger partial charge in [-0.3, -0.25) is 60.7 Å². The highest BCUT2D eigenvalue weighted by Crippen LogP contribution is 2.38. The molecule has 0 radical (unpaired) electrons. The van der Waals surface area contributed by atoms with E-state index in [1.54, 1.807) is 6.33 Å². The third-order valence-corrected chi connectivity index (χ3v) is 5.47. The Morgan fingerprint density at radius 1 is 0.660 bits per heavy atom. The molecular weight excluding hydrogens is 642 g/mol. The number of ether oxygens (including phenoxy) is 1. The van der Waals surface area contributed by atoms with Gasteiger partial charge in [0.15, 0.2) is 0 Å². The second kappa shape index (κ2) is 17.2. The van der Waals surface area contributed by atoms with Crippen molar-refractivity contribution in [1.29, 1.82) is 0 Å². The molecule has 254 valence electrons. The highest BCUT2D eigenvalue weighted by Gasteiger charge is 2.25. The van der Waals surface area contributed by atoms with E-state index < -0.39 is 75.2 Å². The Morgan fingerprint density at radius 2 is 1.04 bits per heavy atom. The van der Waals surface area contributed by atoms with Crippen LogP contribution in [0.15, 0.2) is 36.8 Å². The molecule has 0 unspecified atom stereocenters. The molecule has 0 aliphatic rings. The Kier molecular flexibility index (Phi) is 14.1. The molecule has 24 nitrogen and oxygen atoms in total. The summed E-state index contributed by atoms with van der Waals surface area (Å²) in [7, 11) is 6.52. The first-order chi connectivity index (χ1) is 21.8. The predicted molar refractivity (Wildman–Crippen MR) is 152 cm³/mol. The molecular formula is C23H26N9O15-. The minimum atomic E-state index is -1.46. The van der Waals surface area contributed by atoms with Crippen LogP contribution in [0.5, 0.6) is 11.5 Å². The fraction of sp³-hybridized carbons (Fsp3) is 0.348. The van der Waals surface area contributed by atoms with Gasteiger partial charge in [0.25, 0.3) is 34.1 Å². The topological polar surface area (TPSA) is 343 Å². The van der Waals surface area contributed by atoms with Gasteiger partial charge in [0.05, 0.1) is 99.4 Å². The van der Waals surface area contributed by atoms with Crippen LogP contribution in [-0.2, 0) is 11.2 Å². The van der Waals surface area contributed by atoms with Crippen molar-refractivity contribution in [3.05, 3.63) is 103 Å². The van der Waals surface area contributed by atoms with Crippen molar-refractivity contribution in [2.75, 3.05) is 40.9 Å². The van der Waals surface area contributed by atoms with Crippen molar-refractivity contribution in [2.45, 2.75) is 12.8 Å². The standard InChI is InChI=1S/C11H22N3O.2C6H3N3O7/c1-14(2,3)6-8-15-7-4-5-11-9-12-10-13-11;2*10-6-4(8(13)14)1-3(7(11)12)2-5(6)9(15)16/h9-10H,4-8H2,1-3H3,(H,12,13);2*1-2,10H/q+1;;/p-2. The van der Waals surface area contributed by atoms with Crippen molar-refractivity contribution >= 4 is 34.1 Å². The number of hydrogen-bond acceptors (Lipinski definition) is 16. The molecule has 1 aromatic heterocycles. The van der Waals surface area contributed by atoms with Gasteiger partial charge in [-0.25, -0.2) is 4.98 Å². The quantitative estimate of drug-likeness (QED) is 0.118. The van der Waals surface area contributed by atoms with Gasteiger partial charge < -0.3 is 24.4 Å². The molecule has 47 heavy (non-hydrogen) atoms. The minimum absolute atomic E-state index is 0.384. The van der Waals surface area contributed by atoms with Gasteiger partial charge in [-0.05, 0) is 12.8 Å². The number of imidazole rings is 1. The molecule has 0 atom stereocenters. The lowest BCUT2D eigenvalue weighted by atomic mass is 10.2. The van der Waals surface area contributed by atoms with Crippen LogP contribution in [0.25, 0.3) is 0 Å². The van der Waals surface area contributed by atoms with Crippen LogP contribution in [0.2, 0.25) is 0 Å². The summed E-state index contributed by atoms with van der Waals surface area (Å²) in [6.07, 6.45) is 5.66. The minimum Gasteiger partial charge on any atom is -0.863 e. The van der Waals surface area contributed by atoms with Gasteiger partial charge >= 0.3 is 0 Å². The largest absolute Gasteiger partial charge is 0.863 e. The number of non-ortho nitro benzene ring substituents is 2. The van der Waals surface area contributed by atoms with Crippen LogP contribution in [0, 0.1) is 60.7 Å². The number of likely N-dealkylation sites (N-methyl/N-ethyl adjacent to an activating group) is 1. The maximum absolute atomic E-state index is 11.1. The second-order valence-corrected chi connectivity index (χ2v) is 9.98. The number of aromatic nitrogens is 2. The van der Waals surface area contributed by atoms with Crippen LogP contribution in [0.4, 0.5) is 34.1 Å². The molecule has 0 amide bonds. The summed E-state index contributed by atoms with van der Waals surface area (Å²) in [4.78, 5) is 62.1. The predicted octanol–water partition coefficient (Wildman–Crippen LogP) is 2.03. The molecule has 0 aliphatic heterocycles. The van der Waals surface area contributed by atoms with Gasteiger partial charge in [0.1, 0.15) is 6.54 Å². The average molecular weight is 669 g/mol. The lowest BCUT2D eigenvalue weighted by Gasteiger charge is -2.23. The zero-order valence-electron chi connectivity index (χ0n) is 24.7. The SMILES string of the molecule is C[N+](C)(C)CCOCCCc1cnc[nH]1.O=[N+]([O-])c1cc([N+](=O)[O-])c([O-])c([N+](=O)[O-])c1.O=[N+]([O-])c1cc([N+](=O)[O-])c([O-])c([N+](=O)[O-])c1. The number of benzene rings is 2. The Balaban J connectivity index is 0.000000353. The molecule has 1 heterocycles. The molecule has 3 aromatic rings. The highest BCUT2D eigenvalue weighted by atomic mass is 16.7. The zero-order chi connectivity index (χ0) is 36.1. The number of nitro benzene ring substituents is 6. The van der Waals surface area contributed by atoms with Crippen LogP contribution >= 0.6 is 0 Å². The third kappa shape index (κ3) is 12.6. The summed E-state index contributed by atoms with van der Waals surface area (Å²) in [6, 6.07) is 1.54. The summed E-state index contributed by atoms with van der Waals surface area (Å²) >= 11 is 0. The molecule has 0 fully saturated rings. The number of aromatic amines is 1. The Bertz CT molecular complexity index is 1460. The van der Waals surface area contributed by atoms with E-state index in [1.807, 2.05) is 6.20 Å². The fourth-order valence-electron chi connectivity index (χ4n) is 3.15. The maximum Gasteiger partial charge on any atom is 0.283 e. The van der Waals surface area contributed by atoms with E-state index in [1.165, 1.54) is 5.69 Å². The highest BCUT2D eigenvalue weighted by molar-refractivity contribution is 5.64. The van der Waals surface area contributed by atoms with E-state index in [4.69, 9.17) is 4.74 Å². The molecule has 1 N–H and O–H groups in total. The maximum atomic E-state index is 11.1. The summed E-state index contributed by atoms with van der Waals surface area (Å²) in [6.45, 7) is 2.73. The molecule has 0 saturated heterocycles. The van der Waals surface area contributed by atoms with E-state index in [2.05, 4.69) is 31.1 Å². The first-order valence-corrected chi connectivity index (χ1v) is 12.7. The number of aryl methyl sites for hydroxylation is 1. The van der Waals surface area contributed by atoms with Crippen LogP contribution < -0.4 is 10.2 Å². The fourth-order valence-corrected chi connectivity index (χ4v) is 3.15. The van der Waals surface area contributed by atoms with E-state index in [0.29, 0.717) is 24.3 Å². The number of nitrogens with zero attached hydrogens (tertiary/aromatic N) is 8. The summed E-state index contributed by atoms with van der Waals surface area (Å²) in [5, 5.41) is 84.2. The lowest BCUT2D eigenvalue weighted by molar-refractivity contribution is -0.870. The molecule has 0 aliphatic carbocycles. The van der Waals surface area contributed by atoms with Crippen LogP contribution in [0.1, 0.15) is 12.1 Å². The molecule has 0 saturated carbocycles. The van der Waals surface area contributed by atoms with Crippen molar-refractivity contribution in [2.24, 2.45) is 0 Å². The van der Waals surface area contributed by atoms with Crippen molar-refractivity contribution in [3.8, 4) is 11.5 Å². The van der Waals surface area contributed by atoms with Crippen molar-refractivity contribution < 1.29 is 49.0 Å². The number of rotatable bonds is 13. The van der Waals surface area contributed by atoms with Gasteiger partial charge in [-0.2, -0.15) is 0 Å². The van der Waals surface area contributed by atoms with Crippen LogP contribution in [0.3, 0.4) is 0 Å². The molecule has 2 aromatic carbocycles. The Morgan fingerprint density at radius 3 is 1.32 bits per heavy atom. The number of quaternary nitrogens is 1. The monoisotopic (exact) mass is 668 g/mol. The summed E-state index contributed by atoms with van der Waals surface area (Å²) < 4.78 is 6.52. The van der Waals surface area contributed by atoms with Gasteiger partial charge in [-0.1, -0.05) is 0 Å². The average Bonchev–Trinajstić information content (AvgIpc) is 3.48. The summed E-state index contributed by atoms with van der Waals surface area (Å²) in [5.41, 5.74) is -5.34. The first kappa shape index (κ1) is 38.6. The number of hydrogen-bond donors (Lipinski definition) is 1. The number of nitrogens with one attached hydrogen (secondary N) is 1. The summed E-state index contributed by atoms with van der Waals surface area (Å²) in [5.74, 6) is -2.92. The zero-order valence-corrected chi connectivity index (χ0v) is 24.7. The Hall–Kier alpha value is -6.43. The van der Waals surface area contributed by atoms with Gasteiger partial charge in [-0.15, -0.1) is 0 Å². The van der Waals surface area contributed by atoms with Crippen molar-refractivity contribution in [3.63, 3.8) is 0 Å².